The van der Waals surface area contributed by atoms with Crippen LogP contribution in [-0.2, 0) is 6.18 Å². The van der Waals surface area contributed by atoms with E-state index in [1.54, 1.807) is 25.5 Å². The van der Waals surface area contributed by atoms with Gasteiger partial charge in [-0.2, -0.15) is 13.2 Å². The van der Waals surface area contributed by atoms with E-state index in [2.05, 4.69) is 10.3 Å². The minimum Gasteiger partial charge on any atom is -0.495 e. The number of hydrogen-bond donors (Lipinski definition) is 1. The average molecular weight is 296 g/mol. The molecule has 1 heterocycles. The highest BCUT2D eigenvalue weighted by Gasteiger charge is 2.30. The molecule has 2 rings (SSSR count). The zero-order valence-electron chi connectivity index (χ0n) is 11.6. The molecule has 0 aliphatic carbocycles. The van der Waals surface area contributed by atoms with Crippen LogP contribution < -0.4 is 10.1 Å². The van der Waals surface area contributed by atoms with E-state index in [0.717, 1.165) is 23.3 Å². The smallest absolute Gasteiger partial charge is 0.416 e. The van der Waals surface area contributed by atoms with Crippen molar-refractivity contribution in [3.05, 3.63) is 59.4 Å². The first-order valence-electron chi connectivity index (χ1n) is 6.29. The molecule has 0 saturated carbocycles. The highest BCUT2D eigenvalue weighted by Crippen LogP contribution is 2.31. The van der Waals surface area contributed by atoms with Crippen LogP contribution in [0, 0.1) is 0 Å². The number of halogens is 3. The summed E-state index contributed by atoms with van der Waals surface area (Å²) in [5.74, 6) is 0.597. The molecular formula is C15H15F3N2O. The molecule has 0 saturated heterocycles. The molecule has 2 aromatic rings. The maximum atomic E-state index is 12.6. The van der Waals surface area contributed by atoms with Crippen molar-refractivity contribution in [1.29, 1.82) is 0 Å². The third-order valence-electron chi connectivity index (χ3n) is 3.16. The van der Waals surface area contributed by atoms with Gasteiger partial charge in [-0.25, -0.2) is 0 Å². The summed E-state index contributed by atoms with van der Waals surface area (Å²) in [4.78, 5) is 4.06. The fourth-order valence-corrected chi connectivity index (χ4v) is 2.10. The highest BCUT2D eigenvalue weighted by atomic mass is 19.4. The van der Waals surface area contributed by atoms with Crippen molar-refractivity contribution in [2.24, 2.45) is 0 Å². The Bertz CT molecular complexity index is 597. The lowest BCUT2D eigenvalue weighted by molar-refractivity contribution is -0.137. The second-order valence-electron chi connectivity index (χ2n) is 4.50. The number of benzene rings is 1. The predicted octanol–water partition coefficient (Wildman–Crippen LogP) is 3.42. The number of rotatable bonds is 4. The van der Waals surface area contributed by atoms with Crippen LogP contribution in [0.2, 0.25) is 0 Å². The maximum Gasteiger partial charge on any atom is 0.416 e. The first-order chi connectivity index (χ1) is 9.95. The standard InChI is InChI=1S/C15H15F3N2O/c1-19-14(11-7-13(21-2)9-20-8-11)10-3-5-12(6-4-10)15(16,17)18/h3-9,14,19H,1-2H3. The Labute approximate surface area is 120 Å². The molecule has 1 unspecified atom stereocenters. The number of alkyl halides is 3. The van der Waals surface area contributed by atoms with Gasteiger partial charge in [-0.3, -0.25) is 4.98 Å². The number of methoxy groups -OCH3 is 1. The lowest BCUT2D eigenvalue weighted by Gasteiger charge is -2.18. The Kier molecular flexibility index (Phi) is 4.47. The molecule has 1 atom stereocenters. The molecule has 0 fully saturated rings. The van der Waals surface area contributed by atoms with Crippen molar-refractivity contribution in [2.75, 3.05) is 14.2 Å². The summed E-state index contributed by atoms with van der Waals surface area (Å²) in [5.41, 5.74) is 0.877. The van der Waals surface area contributed by atoms with Gasteiger partial charge >= 0.3 is 6.18 Å². The topological polar surface area (TPSA) is 34.2 Å². The summed E-state index contributed by atoms with van der Waals surface area (Å²) in [6.45, 7) is 0. The molecule has 1 aromatic heterocycles. The van der Waals surface area contributed by atoms with E-state index >= 15 is 0 Å². The summed E-state index contributed by atoms with van der Waals surface area (Å²) < 4.78 is 42.9. The maximum absolute atomic E-state index is 12.6. The number of nitrogens with one attached hydrogen (secondary N) is 1. The second-order valence-corrected chi connectivity index (χ2v) is 4.50. The van der Waals surface area contributed by atoms with Gasteiger partial charge in [-0.05, 0) is 36.4 Å². The van der Waals surface area contributed by atoms with Crippen molar-refractivity contribution in [3.8, 4) is 5.75 Å². The molecule has 112 valence electrons. The monoisotopic (exact) mass is 296 g/mol. The quantitative estimate of drug-likeness (QED) is 0.938. The summed E-state index contributed by atoms with van der Waals surface area (Å²) >= 11 is 0. The van der Waals surface area contributed by atoms with Gasteiger partial charge in [0.25, 0.3) is 0 Å². The van der Waals surface area contributed by atoms with Gasteiger partial charge in [-0.1, -0.05) is 12.1 Å². The molecule has 0 radical (unpaired) electrons. The van der Waals surface area contributed by atoms with Crippen molar-refractivity contribution >= 4 is 0 Å². The van der Waals surface area contributed by atoms with Crippen LogP contribution in [0.3, 0.4) is 0 Å². The van der Waals surface area contributed by atoms with Crippen LogP contribution in [0.15, 0.2) is 42.7 Å². The Hall–Kier alpha value is -2.08. The molecule has 0 bridgehead atoms. The highest BCUT2D eigenvalue weighted by molar-refractivity contribution is 5.35. The third-order valence-corrected chi connectivity index (χ3v) is 3.16. The van der Waals surface area contributed by atoms with Gasteiger partial charge < -0.3 is 10.1 Å². The van der Waals surface area contributed by atoms with Gasteiger partial charge in [0, 0.05) is 6.20 Å². The van der Waals surface area contributed by atoms with Gasteiger partial charge in [0.1, 0.15) is 5.75 Å². The summed E-state index contributed by atoms with van der Waals surface area (Å²) in [6, 6.07) is 6.62. The van der Waals surface area contributed by atoms with Gasteiger partial charge in [-0.15, -0.1) is 0 Å². The average Bonchev–Trinajstić information content (AvgIpc) is 2.48. The SMILES string of the molecule is CNC(c1ccc(C(F)(F)F)cc1)c1cncc(OC)c1. The van der Waals surface area contributed by atoms with Crippen molar-refractivity contribution < 1.29 is 17.9 Å². The first-order valence-corrected chi connectivity index (χ1v) is 6.29. The largest absolute Gasteiger partial charge is 0.495 e. The molecular weight excluding hydrogens is 281 g/mol. The van der Waals surface area contributed by atoms with Gasteiger partial charge in [0.2, 0.25) is 0 Å². The fraction of sp³-hybridized carbons (Fsp3) is 0.267. The molecule has 0 amide bonds. The van der Waals surface area contributed by atoms with Crippen molar-refractivity contribution in [3.63, 3.8) is 0 Å². The van der Waals surface area contributed by atoms with E-state index in [9.17, 15) is 13.2 Å². The second kappa shape index (κ2) is 6.13. The Morgan fingerprint density at radius 1 is 1.10 bits per heavy atom. The molecule has 3 nitrogen and oxygen atoms in total. The molecule has 1 N–H and O–H groups in total. The number of hydrogen-bond acceptors (Lipinski definition) is 3. The third kappa shape index (κ3) is 3.52. The van der Waals surface area contributed by atoms with Gasteiger partial charge in [0.15, 0.2) is 0 Å². The fourth-order valence-electron chi connectivity index (χ4n) is 2.10. The van der Waals surface area contributed by atoms with Crippen LogP contribution >= 0.6 is 0 Å². The Morgan fingerprint density at radius 3 is 2.29 bits per heavy atom. The van der Waals surface area contributed by atoms with Gasteiger partial charge in [0.05, 0.1) is 24.9 Å². The molecule has 0 aliphatic heterocycles. The Balaban J connectivity index is 2.32. The summed E-state index contributed by atoms with van der Waals surface area (Å²) in [5, 5.41) is 3.07. The summed E-state index contributed by atoms with van der Waals surface area (Å²) in [6.07, 6.45) is -1.10. The molecule has 1 aromatic carbocycles. The number of aromatic nitrogens is 1. The predicted molar refractivity (Wildman–Crippen MR) is 73.1 cm³/mol. The molecule has 6 heteroatoms. The van der Waals surface area contributed by atoms with E-state index in [1.807, 2.05) is 0 Å². The molecule has 0 aliphatic rings. The van der Waals surface area contributed by atoms with E-state index in [0.29, 0.717) is 5.75 Å². The summed E-state index contributed by atoms with van der Waals surface area (Å²) in [7, 11) is 3.27. The first kappa shape index (κ1) is 15.3. The lowest BCUT2D eigenvalue weighted by atomic mass is 9.99. The van der Waals surface area contributed by atoms with E-state index in [-0.39, 0.29) is 6.04 Å². The minimum absolute atomic E-state index is 0.255. The zero-order chi connectivity index (χ0) is 15.5. The van der Waals surface area contributed by atoms with Crippen LogP contribution in [-0.4, -0.2) is 19.1 Å². The van der Waals surface area contributed by atoms with E-state index < -0.39 is 11.7 Å². The number of ether oxygens (including phenoxy) is 1. The number of nitrogens with zero attached hydrogens (tertiary/aromatic N) is 1. The van der Waals surface area contributed by atoms with Crippen molar-refractivity contribution in [1.82, 2.24) is 10.3 Å². The minimum atomic E-state index is -4.33. The number of pyridine rings is 1. The molecule has 21 heavy (non-hydrogen) atoms. The van der Waals surface area contributed by atoms with Crippen molar-refractivity contribution in [2.45, 2.75) is 12.2 Å². The molecule has 0 spiro atoms. The van der Waals surface area contributed by atoms with Crippen LogP contribution in [0.25, 0.3) is 0 Å². The normalized spacial score (nSPS) is 13.0. The lowest BCUT2D eigenvalue weighted by Crippen LogP contribution is -2.18. The van der Waals surface area contributed by atoms with Crippen LogP contribution in [0.5, 0.6) is 5.75 Å². The Morgan fingerprint density at radius 2 is 1.76 bits per heavy atom. The van der Waals surface area contributed by atoms with E-state index in [4.69, 9.17) is 4.74 Å². The van der Waals surface area contributed by atoms with Crippen LogP contribution in [0.4, 0.5) is 13.2 Å². The van der Waals surface area contributed by atoms with Crippen LogP contribution in [0.1, 0.15) is 22.7 Å². The van der Waals surface area contributed by atoms with E-state index in [1.165, 1.54) is 19.2 Å². The zero-order valence-corrected chi connectivity index (χ0v) is 11.6.